The quantitative estimate of drug-likeness (QED) is 0.408. The van der Waals surface area contributed by atoms with Gasteiger partial charge in [0, 0.05) is 23.6 Å². The molecule has 0 bridgehead atoms. The van der Waals surface area contributed by atoms with Crippen LogP contribution in [-0.4, -0.2) is 32.1 Å². The fourth-order valence-corrected chi connectivity index (χ4v) is 3.28. The summed E-state index contributed by atoms with van der Waals surface area (Å²) in [5.41, 5.74) is 10.2. The van der Waals surface area contributed by atoms with Gasteiger partial charge >= 0.3 is 0 Å². The number of aromatic nitrogens is 4. The molecule has 4 rings (SSSR count). The Kier molecular flexibility index (Phi) is 5.05. The predicted molar refractivity (Wildman–Crippen MR) is 109 cm³/mol. The Morgan fingerprint density at radius 2 is 2.14 bits per heavy atom. The molecule has 0 saturated heterocycles. The number of rotatable bonds is 7. The predicted octanol–water partition coefficient (Wildman–Crippen LogP) is 2.47. The highest BCUT2D eigenvalue weighted by Gasteiger charge is 2.13. The van der Waals surface area contributed by atoms with Crippen molar-refractivity contribution < 1.29 is 14.4 Å². The highest BCUT2D eigenvalue weighted by atomic mass is 16.5. The first-order valence-corrected chi connectivity index (χ1v) is 9.12. The fourth-order valence-electron chi connectivity index (χ4n) is 3.28. The molecule has 4 aromatic rings. The van der Waals surface area contributed by atoms with E-state index in [1.54, 1.807) is 20.2 Å². The van der Waals surface area contributed by atoms with Crippen LogP contribution in [0.15, 0.2) is 41.1 Å². The monoisotopic (exact) mass is 394 g/mol. The van der Waals surface area contributed by atoms with Crippen LogP contribution >= 0.6 is 0 Å². The lowest BCUT2D eigenvalue weighted by Gasteiger charge is -2.13. The standard InChI is InChI=1S/C20H22N6O3/c1-12-24-19(25-29-12)9-22-17-7-16(21)6-15-8-23-26(20(15)17)10-14-4-3-13(11-27)5-18(14)28-2/h3-8,22,27H,9-11,21H2,1-2H3. The van der Waals surface area contributed by atoms with Gasteiger partial charge in [0.1, 0.15) is 5.75 Å². The van der Waals surface area contributed by atoms with E-state index >= 15 is 0 Å². The Labute approximate surface area is 167 Å². The van der Waals surface area contributed by atoms with Gasteiger partial charge in [-0.25, -0.2) is 0 Å². The summed E-state index contributed by atoms with van der Waals surface area (Å²) < 4.78 is 12.4. The van der Waals surface area contributed by atoms with Gasteiger partial charge in [0.25, 0.3) is 0 Å². The van der Waals surface area contributed by atoms with Gasteiger partial charge in [-0.3, -0.25) is 4.68 Å². The van der Waals surface area contributed by atoms with Crippen LogP contribution in [-0.2, 0) is 19.7 Å². The molecule has 9 heteroatoms. The van der Waals surface area contributed by atoms with Crippen LogP contribution < -0.4 is 15.8 Å². The van der Waals surface area contributed by atoms with Gasteiger partial charge in [-0.1, -0.05) is 17.3 Å². The number of aryl methyl sites for hydroxylation is 1. The topological polar surface area (TPSA) is 124 Å². The van der Waals surface area contributed by atoms with E-state index in [-0.39, 0.29) is 6.61 Å². The Hall–Kier alpha value is -3.59. The van der Waals surface area contributed by atoms with Crippen LogP contribution in [0.4, 0.5) is 11.4 Å². The van der Waals surface area contributed by atoms with E-state index in [0.717, 1.165) is 27.7 Å². The maximum absolute atomic E-state index is 9.35. The number of aliphatic hydroxyl groups excluding tert-OH is 1. The minimum Gasteiger partial charge on any atom is -0.496 e. The van der Waals surface area contributed by atoms with Gasteiger partial charge in [-0.15, -0.1) is 0 Å². The number of aliphatic hydroxyl groups is 1. The number of nitrogens with one attached hydrogen (secondary N) is 1. The van der Waals surface area contributed by atoms with Gasteiger partial charge in [0.15, 0.2) is 5.82 Å². The Morgan fingerprint density at radius 3 is 2.86 bits per heavy atom. The highest BCUT2D eigenvalue weighted by molar-refractivity contribution is 5.93. The zero-order valence-corrected chi connectivity index (χ0v) is 16.2. The first-order valence-electron chi connectivity index (χ1n) is 9.12. The maximum atomic E-state index is 9.35. The first-order chi connectivity index (χ1) is 14.1. The number of fused-ring (bicyclic) bond motifs is 1. The zero-order valence-electron chi connectivity index (χ0n) is 16.2. The molecule has 9 nitrogen and oxygen atoms in total. The lowest BCUT2D eigenvalue weighted by atomic mass is 10.1. The van der Waals surface area contributed by atoms with Crippen molar-refractivity contribution in [3.63, 3.8) is 0 Å². The number of ether oxygens (including phenoxy) is 1. The molecule has 0 atom stereocenters. The van der Waals surface area contributed by atoms with E-state index in [0.29, 0.717) is 36.2 Å². The van der Waals surface area contributed by atoms with Crippen LogP contribution in [0.1, 0.15) is 22.8 Å². The molecule has 2 heterocycles. The molecule has 0 aliphatic carbocycles. The van der Waals surface area contributed by atoms with Crippen LogP contribution in [0, 0.1) is 6.92 Å². The number of nitrogens with zero attached hydrogens (tertiary/aromatic N) is 4. The SMILES string of the molecule is COc1cc(CO)ccc1Cn1ncc2cc(N)cc(NCc3noc(C)n3)c21. The number of hydrogen-bond acceptors (Lipinski definition) is 8. The van der Waals surface area contributed by atoms with E-state index in [1.165, 1.54) is 0 Å². The van der Waals surface area contributed by atoms with Gasteiger partial charge in [0.05, 0.1) is 44.2 Å². The molecular weight excluding hydrogens is 372 g/mol. The van der Waals surface area contributed by atoms with Gasteiger partial charge in [0.2, 0.25) is 5.89 Å². The normalized spacial score (nSPS) is 11.1. The molecule has 0 fully saturated rings. The summed E-state index contributed by atoms with van der Waals surface area (Å²) >= 11 is 0. The lowest BCUT2D eigenvalue weighted by molar-refractivity contribution is 0.281. The summed E-state index contributed by atoms with van der Waals surface area (Å²) in [6.45, 7) is 2.61. The summed E-state index contributed by atoms with van der Waals surface area (Å²) in [6, 6.07) is 9.38. The molecule has 0 aliphatic heterocycles. The van der Waals surface area contributed by atoms with Crippen LogP contribution in [0.3, 0.4) is 0 Å². The minimum absolute atomic E-state index is 0.0375. The van der Waals surface area contributed by atoms with E-state index in [4.69, 9.17) is 15.0 Å². The van der Waals surface area contributed by atoms with Crippen molar-refractivity contribution in [3.05, 3.63) is 59.4 Å². The van der Waals surface area contributed by atoms with Crippen molar-refractivity contribution in [3.8, 4) is 5.75 Å². The van der Waals surface area contributed by atoms with E-state index in [1.807, 2.05) is 35.0 Å². The number of methoxy groups -OCH3 is 1. The van der Waals surface area contributed by atoms with Crippen LogP contribution in [0.5, 0.6) is 5.75 Å². The van der Waals surface area contributed by atoms with Gasteiger partial charge < -0.3 is 25.4 Å². The molecule has 0 amide bonds. The minimum atomic E-state index is -0.0375. The Balaban J connectivity index is 1.68. The second-order valence-corrected chi connectivity index (χ2v) is 6.70. The second kappa shape index (κ2) is 7.80. The van der Waals surface area contributed by atoms with E-state index in [2.05, 4.69) is 20.6 Å². The number of anilines is 2. The summed E-state index contributed by atoms with van der Waals surface area (Å²) in [4.78, 5) is 4.21. The maximum Gasteiger partial charge on any atom is 0.223 e. The van der Waals surface area contributed by atoms with Crippen molar-refractivity contribution in [1.29, 1.82) is 0 Å². The van der Waals surface area contributed by atoms with Crippen LogP contribution in [0.25, 0.3) is 10.9 Å². The smallest absolute Gasteiger partial charge is 0.223 e. The van der Waals surface area contributed by atoms with Crippen molar-refractivity contribution in [1.82, 2.24) is 19.9 Å². The van der Waals surface area contributed by atoms with E-state index < -0.39 is 0 Å². The van der Waals surface area contributed by atoms with Crippen molar-refractivity contribution in [2.24, 2.45) is 0 Å². The van der Waals surface area contributed by atoms with Crippen LogP contribution in [0.2, 0.25) is 0 Å². The summed E-state index contributed by atoms with van der Waals surface area (Å²) in [6.07, 6.45) is 1.78. The van der Waals surface area contributed by atoms with Gasteiger partial charge in [-0.05, 0) is 23.8 Å². The molecule has 0 unspecified atom stereocenters. The molecule has 29 heavy (non-hydrogen) atoms. The highest BCUT2D eigenvalue weighted by Crippen LogP contribution is 2.29. The molecule has 0 saturated carbocycles. The first kappa shape index (κ1) is 18.8. The molecular formula is C20H22N6O3. The van der Waals surface area contributed by atoms with Gasteiger partial charge in [-0.2, -0.15) is 10.1 Å². The fraction of sp³-hybridized carbons (Fsp3) is 0.250. The van der Waals surface area contributed by atoms with E-state index in [9.17, 15) is 5.11 Å². The zero-order chi connectivity index (χ0) is 20.4. The number of nitrogens with two attached hydrogens (primary N) is 1. The number of nitrogen functional groups attached to an aromatic ring is 1. The summed E-state index contributed by atoms with van der Waals surface area (Å²) in [7, 11) is 1.61. The Bertz CT molecular complexity index is 1150. The summed E-state index contributed by atoms with van der Waals surface area (Å²) in [5, 5.41) is 22.0. The molecule has 2 aromatic carbocycles. The van der Waals surface area contributed by atoms with Crippen molar-refractivity contribution in [2.75, 3.05) is 18.2 Å². The van der Waals surface area contributed by atoms with Crippen molar-refractivity contribution in [2.45, 2.75) is 26.6 Å². The molecule has 0 spiro atoms. The average Bonchev–Trinajstić information content (AvgIpc) is 3.32. The molecule has 150 valence electrons. The number of hydrogen-bond donors (Lipinski definition) is 3. The Morgan fingerprint density at radius 1 is 1.28 bits per heavy atom. The third kappa shape index (κ3) is 3.85. The molecule has 0 radical (unpaired) electrons. The van der Waals surface area contributed by atoms with Crippen molar-refractivity contribution >= 4 is 22.3 Å². The summed E-state index contributed by atoms with van der Waals surface area (Å²) in [5.74, 6) is 1.78. The third-order valence-electron chi connectivity index (χ3n) is 4.62. The average molecular weight is 394 g/mol. The molecule has 2 aromatic heterocycles. The molecule has 0 aliphatic rings. The second-order valence-electron chi connectivity index (χ2n) is 6.70. The lowest BCUT2D eigenvalue weighted by Crippen LogP contribution is -2.08. The third-order valence-corrected chi connectivity index (χ3v) is 4.62. The molecule has 4 N–H and O–H groups in total. The number of benzene rings is 2. The largest absolute Gasteiger partial charge is 0.496 e.